The van der Waals surface area contributed by atoms with Gasteiger partial charge in [0.15, 0.2) is 0 Å². The molecule has 1 aromatic carbocycles. The van der Waals surface area contributed by atoms with Crippen molar-refractivity contribution in [2.45, 2.75) is 59.6 Å². The molecule has 0 unspecified atom stereocenters. The summed E-state index contributed by atoms with van der Waals surface area (Å²) in [6.45, 7) is 11.6. The van der Waals surface area contributed by atoms with E-state index in [9.17, 15) is 9.59 Å². The fourth-order valence-electron chi connectivity index (χ4n) is 3.76. The Bertz CT molecular complexity index is 741. The molecular formula is C22H30N2O3. The molecule has 0 radical (unpaired) electrons. The number of carbonyl (C=O) groups is 2. The standard InChI is InChI=1S/C22H30N2O3/c1-14(2)24-21(25)19(17-6-8-18(9-7-17)27-15(3)4)20(22(24)26)23-12-10-16(5)11-13-23/h6-9,14-16H,10-13H2,1-5H3. The van der Waals surface area contributed by atoms with Crippen LogP contribution < -0.4 is 4.74 Å². The summed E-state index contributed by atoms with van der Waals surface area (Å²) in [7, 11) is 0. The van der Waals surface area contributed by atoms with Gasteiger partial charge in [-0.3, -0.25) is 14.5 Å². The Labute approximate surface area is 162 Å². The molecule has 5 nitrogen and oxygen atoms in total. The summed E-state index contributed by atoms with van der Waals surface area (Å²) in [5.74, 6) is 1.06. The van der Waals surface area contributed by atoms with E-state index >= 15 is 0 Å². The fraction of sp³-hybridized carbons (Fsp3) is 0.545. The minimum atomic E-state index is -0.193. The molecule has 2 aliphatic heterocycles. The van der Waals surface area contributed by atoms with Gasteiger partial charge in [-0.05, 0) is 64.2 Å². The van der Waals surface area contributed by atoms with Gasteiger partial charge in [-0.2, -0.15) is 0 Å². The first-order valence-electron chi connectivity index (χ1n) is 9.93. The van der Waals surface area contributed by atoms with Crippen LogP contribution in [0.4, 0.5) is 0 Å². The Morgan fingerprint density at radius 2 is 1.56 bits per heavy atom. The Morgan fingerprint density at radius 1 is 0.963 bits per heavy atom. The molecule has 0 N–H and O–H groups in total. The molecule has 1 aromatic rings. The van der Waals surface area contributed by atoms with Crippen LogP contribution in [0, 0.1) is 5.92 Å². The van der Waals surface area contributed by atoms with Gasteiger partial charge in [-0.15, -0.1) is 0 Å². The Hall–Kier alpha value is -2.30. The summed E-state index contributed by atoms with van der Waals surface area (Å²) in [4.78, 5) is 29.7. The molecule has 1 saturated heterocycles. The van der Waals surface area contributed by atoms with Gasteiger partial charge < -0.3 is 9.64 Å². The topological polar surface area (TPSA) is 49.9 Å². The highest BCUT2D eigenvalue weighted by molar-refractivity contribution is 6.35. The first kappa shape index (κ1) is 19.5. The lowest BCUT2D eigenvalue weighted by Gasteiger charge is -2.33. The summed E-state index contributed by atoms with van der Waals surface area (Å²) in [5.41, 5.74) is 1.87. The third-order valence-electron chi connectivity index (χ3n) is 5.22. The van der Waals surface area contributed by atoms with Gasteiger partial charge >= 0.3 is 0 Å². The third-order valence-corrected chi connectivity index (χ3v) is 5.22. The van der Waals surface area contributed by atoms with E-state index in [1.54, 1.807) is 0 Å². The SMILES string of the molecule is CC1CCN(C2=C(c3ccc(OC(C)C)cc3)C(=O)N(C(C)C)C2=O)CC1. The molecule has 0 saturated carbocycles. The number of carbonyl (C=O) groups excluding carboxylic acids is 2. The van der Waals surface area contributed by atoms with E-state index < -0.39 is 0 Å². The zero-order valence-corrected chi connectivity index (χ0v) is 17.0. The van der Waals surface area contributed by atoms with E-state index in [0.717, 1.165) is 37.2 Å². The highest BCUT2D eigenvalue weighted by Crippen LogP contribution is 2.35. The van der Waals surface area contributed by atoms with E-state index in [0.29, 0.717) is 17.2 Å². The molecule has 2 amide bonds. The van der Waals surface area contributed by atoms with Crippen LogP contribution >= 0.6 is 0 Å². The smallest absolute Gasteiger partial charge is 0.278 e. The number of hydrogen-bond acceptors (Lipinski definition) is 4. The molecule has 146 valence electrons. The van der Waals surface area contributed by atoms with Gasteiger partial charge in [0.25, 0.3) is 11.8 Å². The molecule has 27 heavy (non-hydrogen) atoms. The van der Waals surface area contributed by atoms with Crippen molar-refractivity contribution < 1.29 is 14.3 Å². The van der Waals surface area contributed by atoms with Crippen molar-refractivity contribution in [1.29, 1.82) is 0 Å². The quantitative estimate of drug-likeness (QED) is 0.742. The van der Waals surface area contributed by atoms with Gasteiger partial charge in [0, 0.05) is 19.1 Å². The number of benzene rings is 1. The second-order valence-electron chi connectivity index (χ2n) is 8.16. The van der Waals surface area contributed by atoms with Crippen molar-refractivity contribution in [2.75, 3.05) is 13.1 Å². The van der Waals surface area contributed by atoms with Crippen LogP contribution in [0.5, 0.6) is 5.75 Å². The normalized spacial score (nSPS) is 19.1. The van der Waals surface area contributed by atoms with Crippen molar-refractivity contribution >= 4 is 17.4 Å². The van der Waals surface area contributed by atoms with E-state index in [-0.39, 0.29) is 24.0 Å². The van der Waals surface area contributed by atoms with Crippen LogP contribution in [-0.4, -0.2) is 46.8 Å². The first-order valence-corrected chi connectivity index (χ1v) is 9.93. The number of piperidine rings is 1. The summed E-state index contributed by atoms with van der Waals surface area (Å²) in [5, 5.41) is 0. The molecule has 5 heteroatoms. The lowest BCUT2D eigenvalue weighted by Crippen LogP contribution is -2.41. The van der Waals surface area contributed by atoms with Crippen molar-refractivity contribution in [1.82, 2.24) is 9.80 Å². The number of hydrogen-bond donors (Lipinski definition) is 0. The molecule has 0 aromatic heterocycles. The molecule has 0 bridgehead atoms. The van der Waals surface area contributed by atoms with Gasteiger partial charge in [0.1, 0.15) is 11.4 Å². The number of rotatable bonds is 5. The highest BCUT2D eigenvalue weighted by atomic mass is 16.5. The van der Waals surface area contributed by atoms with Crippen LogP contribution in [0.3, 0.4) is 0 Å². The number of amides is 2. The molecule has 0 aliphatic carbocycles. The largest absolute Gasteiger partial charge is 0.491 e. The fourth-order valence-corrected chi connectivity index (χ4v) is 3.76. The van der Waals surface area contributed by atoms with Crippen molar-refractivity contribution in [3.8, 4) is 5.75 Å². The van der Waals surface area contributed by atoms with Gasteiger partial charge in [-0.25, -0.2) is 0 Å². The number of nitrogens with zero attached hydrogens (tertiary/aromatic N) is 2. The average molecular weight is 370 g/mol. The zero-order valence-electron chi connectivity index (χ0n) is 17.0. The zero-order chi connectivity index (χ0) is 19.7. The molecule has 0 atom stereocenters. The van der Waals surface area contributed by atoms with Crippen LogP contribution in [0.25, 0.3) is 5.57 Å². The van der Waals surface area contributed by atoms with Gasteiger partial charge in [0.05, 0.1) is 11.7 Å². The van der Waals surface area contributed by atoms with E-state index in [2.05, 4.69) is 11.8 Å². The minimum Gasteiger partial charge on any atom is -0.491 e. The Balaban J connectivity index is 2.00. The predicted molar refractivity (Wildman–Crippen MR) is 106 cm³/mol. The summed E-state index contributed by atoms with van der Waals surface area (Å²) < 4.78 is 5.71. The lowest BCUT2D eigenvalue weighted by atomic mass is 9.97. The van der Waals surface area contributed by atoms with Crippen LogP contribution in [0.2, 0.25) is 0 Å². The van der Waals surface area contributed by atoms with Crippen LogP contribution in [0.15, 0.2) is 30.0 Å². The van der Waals surface area contributed by atoms with Crippen LogP contribution in [-0.2, 0) is 9.59 Å². The van der Waals surface area contributed by atoms with E-state index in [1.807, 2.05) is 52.0 Å². The van der Waals surface area contributed by atoms with Crippen LogP contribution in [0.1, 0.15) is 53.0 Å². The third kappa shape index (κ3) is 3.87. The molecule has 0 spiro atoms. The Kier molecular flexibility index (Phi) is 5.59. The van der Waals surface area contributed by atoms with Gasteiger partial charge in [-0.1, -0.05) is 19.1 Å². The minimum absolute atomic E-state index is 0.0899. The summed E-state index contributed by atoms with van der Waals surface area (Å²) in [6.07, 6.45) is 2.18. The predicted octanol–water partition coefficient (Wildman–Crippen LogP) is 3.69. The highest BCUT2D eigenvalue weighted by Gasteiger charge is 2.43. The number of imide groups is 1. The maximum Gasteiger partial charge on any atom is 0.278 e. The van der Waals surface area contributed by atoms with Crippen molar-refractivity contribution in [2.24, 2.45) is 5.92 Å². The first-order chi connectivity index (χ1) is 12.8. The molecule has 1 fully saturated rings. The van der Waals surface area contributed by atoms with E-state index in [1.165, 1.54) is 4.90 Å². The molecule has 2 heterocycles. The van der Waals surface area contributed by atoms with E-state index in [4.69, 9.17) is 4.74 Å². The van der Waals surface area contributed by atoms with Crippen molar-refractivity contribution in [3.63, 3.8) is 0 Å². The Morgan fingerprint density at radius 3 is 2.07 bits per heavy atom. The molecular weight excluding hydrogens is 340 g/mol. The lowest BCUT2D eigenvalue weighted by molar-refractivity contribution is -0.139. The number of likely N-dealkylation sites (tertiary alicyclic amines) is 1. The summed E-state index contributed by atoms with van der Waals surface area (Å²) in [6, 6.07) is 7.34. The maximum absolute atomic E-state index is 13.1. The molecule has 2 aliphatic rings. The number of ether oxygens (including phenoxy) is 1. The average Bonchev–Trinajstić information content (AvgIpc) is 2.86. The second kappa shape index (κ2) is 7.75. The van der Waals surface area contributed by atoms with Crippen molar-refractivity contribution in [3.05, 3.63) is 35.5 Å². The maximum atomic E-state index is 13.1. The monoisotopic (exact) mass is 370 g/mol. The second-order valence-corrected chi connectivity index (χ2v) is 8.16. The molecule has 3 rings (SSSR count). The van der Waals surface area contributed by atoms with Gasteiger partial charge in [0.2, 0.25) is 0 Å². The summed E-state index contributed by atoms with van der Waals surface area (Å²) >= 11 is 0.